The topological polar surface area (TPSA) is 47.3 Å². The van der Waals surface area contributed by atoms with Crippen molar-refractivity contribution >= 4 is 11.6 Å². The minimum Gasteiger partial charge on any atom is -0.393 e. The van der Waals surface area contributed by atoms with Crippen LogP contribution in [0, 0.1) is 11.3 Å². The fourth-order valence-electron chi connectivity index (χ4n) is 2.19. The van der Waals surface area contributed by atoms with Gasteiger partial charge in [-0.05, 0) is 18.9 Å². The molecule has 0 aromatic heterocycles. The summed E-state index contributed by atoms with van der Waals surface area (Å²) in [7, 11) is 0. The van der Waals surface area contributed by atoms with Gasteiger partial charge in [0.1, 0.15) is 6.04 Å². The van der Waals surface area contributed by atoms with Crippen LogP contribution in [-0.4, -0.2) is 29.2 Å². The first-order valence-corrected chi connectivity index (χ1v) is 6.16. The third-order valence-electron chi connectivity index (χ3n) is 3.19. The number of hydrogen-bond donors (Lipinski definition) is 1. The molecular weight excluding hydrogens is 236 g/mol. The third kappa shape index (κ3) is 2.78. The van der Waals surface area contributed by atoms with Crippen molar-refractivity contribution in [2.24, 2.45) is 0 Å². The highest BCUT2D eigenvalue weighted by Gasteiger charge is 2.26. The first-order chi connectivity index (χ1) is 8.22. The second-order valence-electron chi connectivity index (χ2n) is 4.32. The number of aliphatic hydroxyl groups is 1. The molecule has 1 fully saturated rings. The van der Waals surface area contributed by atoms with E-state index in [0.717, 1.165) is 31.5 Å². The molecule has 1 aliphatic heterocycles. The van der Waals surface area contributed by atoms with Crippen molar-refractivity contribution in [1.29, 1.82) is 5.26 Å². The number of aliphatic hydroxyl groups excluding tert-OH is 1. The van der Waals surface area contributed by atoms with E-state index in [1.165, 1.54) is 0 Å². The van der Waals surface area contributed by atoms with Crippen LogP contribution in [0.3, 0.4) is 0 Å². The molecule has 1 aliphatic rings. The van der Waals surface area contributed by atoms with Gasteiger partial charge in [-0.1, -0.05) is 29.8 Å². The normalized spacial score (nSPS) is 19.8. The largest absolute Gasteiger partial charge is 0.393 e. The molecule has 0 radical (unpaired) electrons. The van der Waals surface area contributed by atoms with Gasteiger partial charge in [0.25, 0.3) is 0 Å². The van der Waals surface area contributed by atoms with E-state index in [-0.39, 0.29) is 12.1 Å². The number of benzene rings is 1. The number of nitrogens with zero attached hydrogens (tertiary/aromatic N) is 2. The van der Waals surface area contributed by atoms with Crippen molar-refractivity contribution in [2.75, 3.05) is 13.1 Å². The molecule has 0 aliphatic carbocycles. The van der Waals surface area contributed by atoms with Gasteiger partial charge in [0.05, 0.1) is 12.2 Å². The van der Waals surface area contributed by atoms with Gasteiger partial charge in [-0.25, -0.2) is 0 Å². The number of hydrogen-bond acceptors (Lipinski definition) is 3. The van der Waals surface area contributed by atoms with Crippen molar-refractivity contribution in [3.05, 3.63) is 34.9 Å². The molecule has 4 heteroatoms. The Morgan fingerprint density at radius 3 is 2.59 bits per heavy atom. The summed E-state index contributed by atoms with van der Waals surface area (Å²) in [6.45, 7) is 1.48. The standard InChI is InChI=1S/C13H15ClN2O/c14-12-4-2-1-3-11(12)13(9-15)16-7-5-10(17)6-8-16/h1-4,10,13,17H,5-8H2. The van der Waals surface area contributed by atoms with Gasteiger partial charge in [-0.3, -0.25) is 4.90 Å². The summed E-state index contributed by atoms with van der Waals surface area (Å²) in [6.07, 6.45) is 1.22. The summed E-state index contributed by atoms with van der Waals surface area (Å²) in [5, 5.41) is 19.4. The van der Waals surface area contributed by atoms with Crippen LogP contribution in [-0.2, 0) is 0 Å². The van der Waals surface area contributed by atoms with Crippen molar-refractivity contribution < 1.29 is 5.11 Å². The summed E-state index contributed by atoms with van der Waals surface area (Å²) < 4.78 is 0. The SMILES string of the molecule is N#CC(c1ccccc1Cl)N1CCC(O)CC1. The van der Waals surface area contributed by atoms with E-state index in [2.05, 4.69) is 11.0 Å². The molecule has 1 aromatic carbocycles. The van der Waals surface area contributed by atoms with Crippen molar-refractivity contribution in [1.82, 2.24) is 4.90 Å². The van der Waals surface area contributed by atoms with Gasteiger partial charge in [-0.2, -0.15) is 5.26 Å². The Kier molecular flexibility index (Phi) is 4.01. The van der Waals surface area contributed by atoms with Crippen molar-refractivity contribution in [3.63, 3.8) is 0 Å². The molecule has 0 amide bonds. The number of piperidine rings is 1. The molecule has 0 saturated carbocycles. The van der Waals surface area contributed by atoms with E-state index < -0.39 is 0 Å². The zero-order valence-electron chi connectivity index (χ0n) is 9.51. The van der Waals surface area contributed by atoms with E-state index in [9.17, 15) is 10.4 Å². The van der Waals surface area contributed by atoms with Crippen LogP contribution < -0.4 is 0 Å². The van der Waals surface area contributed by atoms with Gasteiger partial charge in [0, 0.05) is 23.7 Å². The molecule has 1 saturated heterocycles. The fourth-order valence-corrected chi connectivity index (χ4v) is 2.43. The maximum absolute atomic E-state index is 9.47. The molecule has 1 N–H and O–H groups in total. The first kappa shape index (κ1) is 12.4. The molecule has 1 heterocycles. The minimum absolute atomic E-state index is 0.225. The molecule has 3 nitrogen and oxygen atoms in total. The minimum atomic E-state index is -0.309. The van der Waals surface area contributed by atoms with E-state index >= 15 is 0 Å². The lowest BCUT2D eigenvalue weighted by Gasteiger charge is -2.33. The zero-order chi connectivity index (χ0) is 12.3. The van der Waals surface area contributed by atoms with Gasteiger partial charge in [0.15, 0.2) is 0 Å². The molecule has 0 bridgehead atoms. The van der Waals surface area contributed by atoms with Crippen molar-refractivity contribution in [3.8, 4) is 6.07 Å². The van der Waals surface area contributed by atoms with E-state index in [1.54, 1.807) is 6.07 Å². The van der Waals surface area contributed by atoms with Crippen LogP contribution in [0.25, 0.3) is 0 Å². The first-order valence-electron chi connectivity index (χ1n) is 5.78. The number of halogens is 1. The average Bonchev–Trinajstić information content (AvgIpc) is 2.35. The molecule has 0 spiro atoms. The monoisotopic (exact) mass is 250 g/mol. The Morgan fingerprint density at radius 1 is 1.35 bits per heavy atom. The van der Waals surface area contributed by atoms with Crippen LogP contribution in [0.2, 0.25) is 5.02 Å². The maximum Gasteiger partial charge on any atom is 0.125 e. The zero-order valence-corrected chi connectivity index (χ0v) is 10.3. The fraction of sp³-hybridized carbons (Fsp3) is 0.462. The highest BCUT2D eigenvalue weighted by molar-refractivity contribution is 6.31. The third-order valence-corrected chi connectivity index (χ3v) is 3.53. The Labute approximate surface area is 106 Å². The van der Waals surface area contributed by atoms with Crippen LogP contribution in [0.15, 0.2) is 24.3 Å². The maximum atomic E-state index is 9.47. The lowest BCUT2D eigenvalue weighted by molar-refractivity contribution is 0.0716. The number of nitriles is 1. The van der Waals surface area contributed by atoms with Crippen LogP contribution in [0.4, 0.5) is 0 Å². The van der Waals surface area contributed by atoms with Gasteiger partial charge in [0.2, 0.25) is 0 Å². The molecule has 1 aromatic rings. The molecule has 90 valence electrons. The second-order valence-corrected chi connectivity index (χ2v) is 4.73. The van der Waals surface area contributed by atoms with Crippen molar-refractivity contribution in [2.45, 2.75) is 25.0 Å². The molecule has 1 unspecified atom stereocenters. The van der Waals surface area contributed by atoms with E-state index in [0.29, 0.717) is 5.02 Å². The van der Waals surface area contributed by atoms with Crippen LogP contribution in [0.1, 0.15) is 24.4 Å². The lowest BCUT2D eigenvalue weighted by Crippen LogP contribution is -2.38. The predicted octanol–water partition coefficient (Wildman–Crippen LogP) is 2.36. The van der Waals surface area contributed by atoms with Gasteiger partial charge < -0.3 is 5.11 Å². The smallest absolute Gasteiger partial charge is 0.125 e. The predicted molar refractivity (Wildman–Crippen MR) is 66.6 cm³/mol. The molecule has 1 atom stereocenters. The second kappa shape index (κ2) is 5.50. The average molecular weight is 251 g/mol. The summed E-state index contributed by atoms with van der Waals surface area (Å²) >= 11 is 6.12. The molecule has 2 rings (SSSR count). The van der Waals surface area contributed by atoms with Crippen LogP contribution >= 0.6 is 11.6 Å². The summed E-state index contributed by atoms with van der Waals surface area (Å²) in [5.41, 5.74) is 0.855. The highest BCUT2D eigenvalue weighted by atomic mass is 35.5. The lowest BCUT2D eigenvalue weighted by atomic mass is 10.0. The Hall–Kier alpha value is -1.08. The number of likely N-dealkylation sites (tertiary alicyclic amines) is 1. The van der Waals surface area contributed by atoms with Crippen LogP contribution in [0.5, 0.6) is 0 Å². The Balaban J connectivity index is 2.18. The molecule has 17 heavy (non-hydrogen) atoms. The Morgan fingerprint density at radius 2 is 2.00 bits per heavy atom. The highest BCUT2D eigenvalue weighted by Crippen LogP contribution is 2.29. The summed E-state index contributed by atoms with van der Waals surface area (Å²) in [5.74, 6) is 0. The number of rotatable bonds is 2. The quantitative estimate of drug-likeness (QED) is 0.877. The summed E-state index contributed by atoms with van der Waals surface area (Å²) in [4.78, 5) is 2.08. The Bertz CT molecular complexity index is 422. The van der Waals surface area contributed by atoms with E-state index in [4.69, 9.17) is 11.6 Å². The molecular formula is C13H15ClN2O. The van der Waals surface area contributed by atoms with Gasteiger partial charge in [-0.15, -0.1) is 0 Å². The van der Waals surface area contributed by atoms with E-state index in [1.807, 2.05) is 18.2 Å². The summed E-state index contributed by atoms with van der Waals surface area (Å²) in [6, 6.07) is 9.44. The van der Waals surface area contributed by atoms with Gasteiger partial charge >= 0.3 is 0 Å².